The molecular weight excluding hydrogens is 216 g/mol. The van der Waals surface area contributed by atoms with Gasteiger partial charge in [0.2, 0.25) is 0 Å². The molecule has 0 unspecified atom stereocenters. The van der Waals surface area contributed by atoms with Gasteiger partial charge in [0.15, 0.2) is 0 Å². The molecule has 0 bridgehead atoms. The number of anilines is 1. The Balaban J connectivity index is 2.83. The van der Waals surface area contributed by atoms with Gasteiger partial charge in [0.25, 0.3) is 5.69 Å². The number of hydrogen-bond donors (Lipinski definition) is 1. The van der Waals surface area contributed by atoms with Crippen molar-refractivity contribution in [2.24, 2.45) is 5.92 Å². The number of halogens is 1. The topological polar surface area (TPSA) is 55.2 Å². The molecule has 4 nitrogen and oxygen atoms in total. The Kier molecular flexibility index (Phi) is 3.91. The zero-order valence-corrected chi connectivity index (χ0v) is 9.41. The molecule has 0 saturated heterocycles. The lowest BCUT2D eigenvalue weighted by molar-refractivity contribution is -0.384. The van der Waals surface area contributed by atoms with Crippen molar-refractivity contribution in [1.82, 2.24) is 0 Å². The van der Waals surface area contributed by atoms with E-state index in [1.54, 1.807) is 6.07 Å². The van der Waals surface area contributed by atoms with Crippen molar-refractivity contribution < 1.29 is 4.92 Å². The highest BCUT2D eigenvalue weighted by molar-refractivity contribution is 6.32. The SMILES string of the molecule is CC(C)CNc1ccc(Cl)c([N+](=O)[O-])c1. The number of nitrogens with one attached hydrogen (secondary N) is 1. The lowest BCUT2D eigenvalue weighted by Crippen LogP contribution is -2.07. The van der Waals surface area contributed by atoms with Crippen LogP contribution >= 0.6 is 11.6 Å². The smallest absolute Gasteiger partial charge is 0.289 e. The van der Waals surface area contributed by atoms with E-state index < -0.39 is 4.92 Å². The van der Waals surface area contributed by atoms with Crippen LogP contribution in [-0.4, -0.2) is 11.5 Å². The van der Waals surface area contributed by atoms with E-state index in [0.29, 0.717) is 5.92 Å². The van der Waals surface area contributed by atoms with Crippen molar-refractivity contribution in [3.63, 3.8) is 0 Å². The summed E-state index contributed by atoms with van der Waals surface area (Å²) in [6.07, 6.45) is 0. The van der Waals surface area contributed by atoms with Gasteiger partial charge in [-0.1, -0.05) is 25.4 Å². The molecule has 1 rings (SSSR count). The molecule has 0 aliphatic carbocycles. The van der Waals surface area contributed by atoms with Crippen LogP contribution in [0.4, 0.5) is 11.4 Å². The molecule has 0 aliphatic heterocycles. The molecule has 0 saturated carbocycles. The predicted molar refractivity (Wildman–Crippen MR) is 61.4 cm³/mol. The van der Waals surface area contributed by atoms with Crippen molar-refractivity contribution in [3.05, 3.63) is 33.3 Å². The van der Waals surface area contributed by atoms with Crippen molar-refractivity contribution in [2.45, 2.75) is 13.8 Å². The maximum Gasteiger partial charge on any atom is 0.289 e. The standard InChI is InChI=1S/C10H13ClN2O2/c1-7(2)6-12-8-3-4-9(11)10(5-8)13(14)15/h3-5,7,12H,6H2,1-2H3. The Morgan fingerprint density at radius 1 is 1.53 bits per heavy atom. The number of hydrogen-bond acceptors (Lipinski definition) is 3. The van der Waals surface area contributed by atoms with E-state index >= 15 is 0 Å². The molecular formula is C10H13ClN2O2. The molecule has 1 N–H and O–H groups in total. The number of nitro benzene ring substituents is 1. The highest BCUT2D eigenvalue weighted by Crippen LogP contribution is 2.27. The molecule has 0 spiro atoms. The molecule has 1 aromatic carbocycles. The number of rotatable bonds is 4. The number of benzene rings is 1. The maximum absolute atomic E-state index is 10.6. The summed E-state index contributed by atoms with van der Waals surface area (Å²) < 4.78 is 0. The summed E-state index contributed by atoms with van der Waals surface area (Å²) in [6.45, 7) is 4.91. The van der Waals surface area contributed by atoms with Gasteiger partial charge < -0.3 is 5.32 Å². The molecule has 0 radical (unpaired) electrons. The number of nitrogens with zero attached hydrogens (tertiary/aromatic N) is 1. The minimum absolute atomic E-state index is 0.0644. The summed E-state index contributed by atoms with van der Waals surface area (Å²) in [7, 11) is 0. The zero-order valence-electron chi connectivity index (χ0n) is 8.66. The van der Waals surface area contributed by atoms with Gasteiger partial charge in [0, 0.05) is 18.3 Å². The third kappa shape index (κ3) is 3.40. The van der Waals surface area contributed by atoms with Crippen LogP contribution in [0.15, 0.2) is 18.2 Å². The minimum atomic E-state index is -0.483. The molecule has 0 fully saturated rings. The van der Waals surface area contributed by atoms with Gasteiger partial charge in [-0.2, -0.15) is 0 Å². The molecule has 5 heteroatoms. The van der Waals surface area contributed by atoms with Gasteiger partial charge in [-0.15, -0.1) is 0 Å². The third-order valence-corrected chi connectivity index (χ3v) is 2.18. The highest BCUT2D eigenvalue weighted by atomic mass is 35.5. The van der Waals surface area contributed by atoms with Crippen molar-refractivity contribution >= 4 is 23.0 Å². The van der Waals surface area contributed by atoms with Gasteiger partial charge in [-0.3, -0.25) is 10.1 Å². The van der Waals surface area contributed by atoms with E-state index in [4.69, 9.17) is 11.6 Å². The largest absolute Gasteiger partial charge is 0.385 e. The Labute approximate surface area is 93.4 Å². The van der Waals surface area contributed by atoms with Crippen LogP contribution in [0.3, 0.4) is 0 Å². The van der Waals surface area contributed by atoms with E-state index in [2.05, 4.69) is 19.2 Å². The fourth-order valence-corrected chi connectivity index (χ4v) is 1.27. The molecule has 0 heterocycles. The van der Waals surface area contributed by atoms with Crippen LogP contribution in [0, 0.1) is 16.0 Å². The molecule has 0 atom stereocenters. The second kappa shape index (κ2) is 4.98. The average molecular weight is 229 g/mol. The predicted octanol–water partition coefficient (Wildman–Crippen LogP) is 3.32. The first kappa shape index (κ1) is 11.8. The molecule has 1 aromatic rings. The van der Waals surface area contributed by atoms with E-state index in [1.807, 2.05) is 0 Å². The maximum atomic E-state index is 10.6. The highest BCUT2D eigenvalue weighted by Gasteiger charge is 2.12. The first-order valence-corrected chi connectivity index (χ1v) is 5.06. The van der Waals surface area contributed by atoms with E-state index in [0.717, 1.165) is 12.2 Å². The van der Waals surface area contributed by atoms with Crippen LogP contribution in [0.1, 0.15) is 13.8 Å². The summed E-state index contributed by atoms with van der Waals surface area (Å²) in [5, 5.41) is 13.9. The molecule has 0 aromatic heterocycles. The summed E-state index contributed by atoms with van der Waals surface area (Å²) in [5.41, 5.74) is 0.658. The molecule has 0 amide bonds. The Morgan fingerprint density at radius 3 is 2.73 bits per heavy atom. The fraction of sp³-hybridized carbons (Fsp3) is 0.400. The summed E-state index contributed by atoms with van der Waals surface area (Å²) in [6, 6.07) is 4.71. The van der Waals surface area contributed by atoms with Gasteiger partial charge in [-0.05, 0) is 18.1 Å². The number of nitro groups is 1. The quantitative estimate of drug-likeness (QED) is 0.635. The molecule has 15 heavy (non-hydrogen) atoms. The molecule has 82 valence electrons. The second-order valence-electron chi connectivity index (χ2n) is 3.70. The first-order valence-electron chi connectivity index (χ1n) is 4.68. The van der Waals surface area contributed by atoms with Crippen LogP contribution in [0.25, 0.3) is 0 Å². The van der Waals surface area contributed by atoms with E-state index in [1.165, 1.54) is 12.1 Å². The summed E-state index contributed by atoms with van der Waals surface area (Å²) in [5.74, 6) is 0.486. The average Bonchev–Trinajstić information content (AvgIpc) is 2.16. The molecule has 0 aliphatic rings. The summed E-state index contributed by atoms with van der Waals surface area (Å²) >= 11 is 5.68. The Bertz CT molecular complexity index is 366. The fourth-order valence-electron chi connectivity index (χ4n) is 1.08. The second-order valence-corrected chi connectivity index (χ2v) is 4.11. The van der Waals surface area contributed by atoms with Crippen molar-refractivity contribution in [3.8, 4) is 0 Å². The van der Waals surface area contributed by atoms with Crippen LogP contribution < -0.4 is 5.32 Å². The van der Waals surface area contributed by atoms with Gasteiger partial charge >= 0.3 is 0 Å². The lowest BCUT2D eigenvalue weighted by Gasteiger charge is -2.08. The van der Waals surface area contributed by atoms with Crippen molar-refractivity contribution in [1.29, 1.82) is 0 Å². The van der Waals surface area contributed by atoms with E-state index in [9.17, 15) is 10.1 Å². The monoisotopic (exact) mass is 228 g/mol. The summed E-state index contributed by atoms with van der Waals surface area (Å²) in [4.78, 5) is 10.1. The van der Waals surface area contributed by atoms with Crippen molar-refractivity contribution in [2.75, 3.05) is 11.9 Å². The first-order chi connectivity index (χ1) is 7.00. The van der Waals surface area contributed by atoms with Crippen LogP contribution in [-0.2, 0) is 0 Å². The zero-order chi connectivity index (χ0) is 11.4. The van der Waals surface area contributed by atoms with Gasteiger partial charge in [0.1, 0.15) is 5.02 Å². The Morgan fingerprint density at radius 2 is 2.20 bits per heavy atom. The lowest BCUT2D eigenvalue weighted by atomic mass is 10.2. The normalized spacial score (nSPS) is 10.4. The van der Waals surface area contributed by atoms with E-state index in [-0.39, 0.29) is 10.7 Å². The Hall–Kier alpha value is -1.29. The van der Waals surface area contributed by atoms with Gasteiger partial charge in [0.05, 0.1) is 4.92 Å². The van der Waals surface area contributed by atoms with Crippen LogP contribution in [0.5, 0.6) is 0 Å². The van der Waals surface area contributed by atoms with Crippen LogP contribution in [0.2, 0.25) is 5.02 Å². The van der Waals surface area contributed by atoms with Gasteiger partial charge in [-0.25, -0.2) is 0 Å². The third-order valence-electron chi connectivity index (χ3n) is 1.86. The minimum Gasteiger partial charge on any atom is -0.385 e.